The van der Waals surface area contributed by atoms with Crippen molar-refractivity contribution < 1.29 is 19.7 Å². The Morgan fingerprint density at radius 1 is 1.04 bits per heavy atom. The van der Waals surface area contributed by atoms with Gasteiger partial charge in [-0.15, -0.1) is 0 Å². The highest BCUT2D eigenvalue weighted by molar-refractivity contribution is 5.69. The summed E-state index contributed by atoms with van der Waals surface area (Å²) in [5, 5.41) is 21.5. The molecule has 4 heteroatoms. The molecule has 4 rings (SSSR count). The lowest BCUT2D eigenvalue weighted by atomic mass is 9.43. The van der Waals surface area contributed by atoms with Crippen molar-refractivity contribution in [2.45, 2.75) is 90.8 Å². The topological polar surface area (TPSA) is 66.8 Å². The molecule has 160 valence electrons. The summed E-state index contributed by atoms with van der Waals surface area (Å²) in [6, 6.07) is 0. The summed E-state index contributed by atoms with van der Waals surface area (Å²) in [7, 11) is 1.48. The van der Waals surface area contributed by atoms with E-state index < -0.39 is 0 Å². The number of fused-ring (bicyclic) bond motifs is 5. The largest absolute Gasteiger partial charge is 0.469 e. The zero-order chi connectivity index (χ0) is 20.3. The summed E-state index contributed by atoms with van der Waals surface area (Å²) >= 11 is 0. The quantitative estimate of drug-likeness (QED) is 0.707. The van der Waals surface area contributed by atoms with Crippen LogP contribution in [0, 0.1) is 46.3 Å². The van der Waals surface area contributed by atoms with Crippen molar-refractivity contribution in [2.24, 2.45) is 46.3 Å². The Balaban J connectivity index is 1.57. The van der Waals surface area contributed by atoms with Crippen LogP contribution in [0.2, 0.25) is 0 Å². The molecule has 4 aliphatic carbocycles. The van der Waals surface area contributed by atoms with Crippen LogP contribution in [0.25, 0.3) is 0 Å². The number of carbonyl (C=O) groups is 1. The van der Waals surface area contributed by atoms with Crippen LogP contribution >= 0.6 is 0 Å². The third-order valence-corrected chi connectivity index (χ3v) is 10.1. The van der Waals surface area contributed by atoms with E-state index in [2.05, 4.69) is 20.8 Å². The molecule has 0 radical (unpaired) electrons. The van der Waals surface area contributed by atoms with Gasteiger partial charge in [-0.3, -0.25) is 4.79 Å². The van der Waals surface area contributed by atoms with Crippen LogP contribution in [0.1, 0.15) is 78.6 Å². The van der Waals surface area contributed by atoms with Gasteiger partial charge in [0.2, 0.25) is 0 Å². The fraction of sp³-hybridized carbons (Fsp3) is 0.958. The van der Waals surface area contributed by atoms with Gasteiger partial charge < -0.3 is 14.9 Å². The first-order chi connectivity index (χ1) is 13.2. The molecule has 4 nitrogen and oxygen atoms in total. The molecule has 0 aromatic carbocycles. The van der Waals surface area contributed by atoms with Crippen molar-refractivity contribution in [3.63, 3.8) is 0 Å². The Hall–Kier alpha value is -0.610. The van der Waals surface area contributed by atoms with E-state index in [1.807, 2.05) is 0 Å². The number of carbonyl (C=O) groups excluding carboxylic acids is 1. The maximum Gasteiger partial charge on any atom is 0.305 e. The number of ether oxygens (including phenoxy) is 1. The summed E-state index contributed by atoms with van der Waals surface area (Å²) in [5.74, 6) is 2.80. The Labute approximate surface area is 170 Å². The van der Waals surface area contributed by atoms with Gasteiger partial charge in [-0.2, -0.15) is 0 Å². The van der Waals surface area contributed by atoms with Gasteiger partial charge >= 0.3 is 5.97 Å². The number of esters is 1. The molecule has 0 aromatic rings. The van der Waals surface area contributed by atoms with Gasteiger partial charge in [0, 0.05) is 6.42 Å². The highest BCUT2D eigenvalue weighted by Crippen LogP contribution is 2.68. The van der Waals surface area contributed by atoms with Crippen LogP contribution in [0.4, 0.5) is 0 Å². The highest BCUT2D eigenvalue weighted by Gasteiger charge is 2.62. The van der Waals surface area contributed by atoms with Crippen molar-refractivity contribution in [1.29, 1.82) is 0 Å². The third kappa shape index (κ3) is 3.05. The van der Waals surface area contributed by atoms with Crippen molar-refractivity contribution >= 4 is 5.97 Å². The smallest absolute Gasteiger partial charge is 0.305 e. The van der Waals surface area contributed by atoms with E-state index in [4.69, 9.17) is 4.74 Å². The standard InChI is InChI=1S/C24H40O4/c1-14(11-21(27)28-4)17-5-6-18-22-19(8-10-24(17,18)3)23(2)9-7-16(25)12-15(23)13-20(22)26/h14-20,22,25-26H,5-13H2,1-4H3/t14-,15+,16-,17-,18+,19+,20+,22+,23+,24-/m1/s1. The van der Waals surface area contributed by atoms with E-state index in [1.54, 1.807) is 0 Å². The van der Waals surface area contributed by atoms with Gasteiger partial charge in [-0.05, 0) is 97.7 Å². The zero-order valence-corrected chi connectivity index (χ0v) is 18.2. The second-order valence-electron chi connectivity index (χ2n) is 11.2. The van der Waals surface area contributed by atoms with Gasteiger partial charge in [-0.1, -0.05) is 20.8 Å². The van der Waals surface area contributed by atoms with Crippen LogP contribution in [-0.2, 0) is 9.53 Å². The van der Waals surface area contributed by atoms with Crippen LogP contribution in [-0.4, -0.2) is 35.5 Å². The number of aliphatic hydroxyl groups excluding tert-OH is 2. The van der Waals surface area contributed by atoms with E-state index in [9.17, 15) is 15.0 Å². The second-order valence-corrected chi connectivity index (χ2v) is 11.2. The first-order valence-corrected chi connectivity index (χ1v) is 11.6. The van der Waals surface area contributed by atoms with Gasteiger partial charge in [-0.25, -0.2) is 0 Å². The van der Waals surface area contributed by atoms with Crippen LogP contribution in [0.15, 0.2) is 0 Å². The molecule has 0 aromatic heterocycles. The average Bonchev–Trinajstić information content (AvgIpc) is 3.00. The molecule has 0 bridgehead atoms. The molecule has 0 aliphatic heterocycles. The number of hydrogen-bond donors (Lipinski definition) is 2. The molecule has 0 saturated heterocycles. The first kappa shape index (κ1) is 20.7. The molecule has 2 N–H and O–H groups in total. The molecule has 0 amide bonds. The molecule has 28 heavy (non-hydrogen) atoms. The van der Waals surface area contributed by atoms with E-state index in [-0.39, 0.29) is 29.0 Å². The van der Waals surface area contributed by atoms with Crippen LogP contribution in [0.3, 0.4) is 0 Å². The highest BCUT2D eigenvalue weighted by atomic mass is 16.5. The second kappa shape index (κ2) is 7.27. The van der Waals surface area contributed by atoms with Crippen LogP contribution < -0.4 is 0 Å². The van der Waals surface area contributed by atoms with Gasteiger partial charge in [0.25, 0.3) is 0 Å². The first-order valence-electron chi connectivity index (χ1n) is 11.6. The predicted molar refractivity (Wildman–Crippen MR) is 108 cm³/mol. The Morgan fingerprint density at radius 3 is 2.43 bits per heavy atom. The zero-order valence-electron chi connectivity index (χ0n) is 18.2. The van der Waals surface area contributed by atoms with Crippen LogP contribution in [0.5, 0.6) is 0 Å². The molecule has 4 fully saturated rings. The molecule has 0 unspecified atom stereocenters. The minimum Gasteiger partial charge on any atom is -0.469 e. The predicted octanol–water partition coefficient (Wildman–Crippen LogP) is 4.18. The van der Waals surface area contributed by atoms with Crippen molar-refractivity contribution in [3.05, 3.63) is 0 Å². The van der Waals surface area contributed by atoms with Gasteiger partial charge in [0.05, 0.1) is 19.3 Å². The van der Waals surface area contributed by atoms with Crippen molar-refractivity contribution in [2.75, 3.05) is 7.11 Å². The van der Waals surface area contributed by atoms with E-state index in [1.165, 1.54) is 32.8 Å². The molecular weight excluding hydrogens is 352 g/mol. The lowest BCUT2D eigenvalue weighted by Gasteiger charge is -2.62. The summed E-state index contributed by atoms with van der Waals surface area (Å²) in [4.78, 5) is 11.9. The van der Waals surface area contributed by atoms with Gasteiger partial charge in [0.15, 0.2) is 0 Å². The minimum atomic E-state index is -0.229. The fourth-order valence-electron chi connectivity index (χ4n) is 8.66. The molecular formula is C24H40O4. The lowest BCUT2D eigenvalue weighted by molar-refractivity contribution is -0.174. The Bertz CT molecular complexity index is 605. The number of hydrogen-bond acceptors (Lipinski definition) is 4. The number of methoxy groups -OCH3 is 1. The van der Waals surface area contributed by atoms with E-state index >= 15 is 0 Å². The van der Waals surface area contributed by atoms with Gasteiger partial charge in [0.1, 0.15) is 0 Å². The maximum atomic E-state index is 11.9. The number of aliphatic hydroxyl groups is 2. The SMILES string of the molecule is COC(=O)C[C@@H](C)[C@H]1CC[C@H]2[C@@H]3[C@@H](O)C[C@@H]4C[C@H](O)CC[C@]4(C)[C@H]3CC[C@]12C. The normalized spacial score (nSPS) is 51.6. The third-order valence-electron chi connectivity index (χ3n) is 10.1. The number of rotatable bonds is 3. The molecule has 4 aliphatic rings. The molecule has 4 saturated carbocycles. The lowest BCUT2D eigenvalue weighted by Crippen LogP contribution is -2.58. The van der Waals surface area contributed by atoms with E-state index in [0.717, 1.165) is 25.7 Å². The summed E-state index contributed by atoms with van der Waals surface area (Å²) < 4.78 is 4.93. The Morgan fingerprint density at radius 2 is 1.71 bits per heavy atom. The summed E-state index contributed by atoms with van der Waals surface area (Å²) in [6.07, 6.45) is 8.65. The summed E-state index contributed by atoms with van der Waals surface area (Å²) in [6.45, 7) is 7.13. The maximum absolute atomic E-state index is 11.9. The monoisotopic (exact) mass is 392 g/mol. The minimum absolute atomic E-state index is 0.0953. The van der Waals surface area contributed by atoms with Crippen molar-refractivity contribution in [3.8, 4) is 0 Å². The molecule has 0 heterocycles. The van der Waals surface area contributed by atoms with Crippen molar-refractivity contribution in [1.82, 2.24) is 0 Å². The Kier molecular flexibility index (Phi) is 5.36. The summed E-state index contributed by atoms with van der Waals surface area (Å²) in [5.41, 5.74) is 0.507. The fourth-order valence-corrected chi connectivity index (χ4v) is 8.66. The average molecular weight is 393 g/mol. The molecule has 0 spiro atoms. The van der Waals surface area contributed by atoms with E-state index in [0.29, 0.717) is 41.9 Å². The molecule has 10 atom stereocenters.